The first-order valence-corrected chi connectivity index (χ1v) is 11.3. The van der Waals surface area contributed by atoms with Crippen LogP contribution < -0.4 is 5.43 Å². The van der Waals surface area contributed by atoms with Crippen molar-refractivity contribution in [2.45, 2.75) is 4.90 Å². The van der Waals surface area contributed by atoms with E-state index in [4.69, 9.17) is 0 Å². The SMILES string of the molecule is CS(=O)(=O)c1ccc(-c2sc3ccccc3c(=O)c2-c2ccc(O)c(O)c2)cc1. The molecule has 0 atom stereocenters. The molecule has 1 heterocycles. The van der Waals surface area contributed by atoms with Crippen LogP contribution in [0, 0.1) is 0 Å². The molecular weight excluding hydrogens is 408 g/mol. The van der Waals surface area contributed by atoms with Gasteiger partial charge >= 0.3 is 0 Å². The summed E-state index contributed by atoms with van der Waals surface area (Å²) in [4.78, 5) is 14.2. The van der Waals surface area contributed by atoms with Crippen molar-refractivity contribution < 1.29 is 18.6 Å². The highest BCUT2D eigenvalue weighted by Crippen LogP contribution is 2.39. The molecule has 0 amide bonds. The third-order valence-corrected chi connectivity index (χ3v) is 6.95. The fraction of sp³-hybridized carbons (Fsp3) is 0.0455. The number of hydrogen-bond donors (Lipinski definition) is 2. The standard InChI is InChI=1S/C22H16O5S2/c1-29(26,27)15-9-6-13(7-10-15)22-20(14-8-11-17(23)18(24)12-14)21(25)16-4-2-3-5-19(16)28-22/h2-12,23-24H,1H3. The van der Waals surface area contributed by atoms with Crippen LogP contribution in [-0.2, 0) is 9.84 Å². The van der Waals surface area contributed by atoms with Gasteiger partial charge in [-0.15, -0.1) is 11.3 Å². The van der Waals surface area contributed by atoms with Gasteiger partial charge in [-0.2, -0.15) is 0 Å². The van der Waals surface area contributed by atoms with Crippen molar-refractivity contribution in [2.75, 3.05) is 6.26 Å². The highest BCUT2D eigenvalue weighted by atomic mass is 32.2. The largest absolute Gasteiger partial charge is 0.504 e. The summed E-state index contributed by atoms with van der Waals surface area (Å²) in [5.41, 5.74) is 1.34. The molecule has 0 aliphatic heterocycles. The van der Waals surface area contributed by atoms with E-state index in [-0.39, 0.29) is 21.8 Å². The topological polar surface area (TPSA) is 91.7 Å². The maximum absolute atomic E-state index is 13.3. The molecule has 0 aliphatic carbocycles. The molecule has 4 rings (SSSR count). The molecular formula is C22H16O5S2. The zero-order chi connectivity index (χ0) is 20.8. The van der Waals surface area contributed by atoms with Crippen LogP contribution >= 0.6 is 11.3 Å². The molecule has 1 aromatic heterocycles. The van der Waals surface area contributed by atoms with Gasteiger partial charge in [-0.25, -0.2) is 8.42 Å². The van der Waals surface area contributed by atoms with Crippen LogP contribution in [0.2, 0.25) is 0 Å². The lowest BCUT2D eigenvalue weighted by Gasteiger charge is -2.12. The van der Waals surface area contributed by atoms with Crippen LogP contribution in [-0.4, -0.2) is 24.9 Å². The predicted octanol–water partition coefficient (Wildman–Crippen LogP) is 4.41. The molecule has 0 saturated carbocycles. The predicted molar refractivity (Wildman–Crippen MR) is 115 cm³/mol. The third-order valence-electron chi connectivity index (χ3n) is 4.61. The average Bonchev–Trinajstić information content (AvgIpc) is 2.70. The van der Waals surface area contributed by atoms with Crippen LogP contribution in [0.25, 0.3) is 31.7 Å². The van der Waals surface area contributed by atoms with Gasteiger partial charge in [0.2, 0.25) is 0 Å². The van der Waals surface area contributed by atoms with Gasteiger partial charge in [-0.3, -0.25) is 4.79 Å². The molecule has 0 bridgehead atoms. The fourth-order valence-electron chi connectivity index (χ4n) is 3.14. The Balaban J connectivity index is 2.04. The fourth-order valence-corrected chi connectivity index (χ4v) is 4.97. The van der Waals surface area contributed by atoms with Crippen molar-refractivity contribution in [3.8, 4) is 33.1 Å². The Labute approximate surface area is 171 Å². The van der Waals surface area contributed by atoms with Gasteiger partial charge in [-0.05, 0) is 47.5 Å². The number of phenols is 2. The number of sulfone groups is 1. The first kappa shape index (κ1) is 19.2. The summed E-state index contributed by atoms with van der Waals surface area (Å²) < 4.78 is 24.3. The van der Waals surface area contributed by atoms with Gasteiger partial charge in [0, 0.05) is 26.8 Å². The van der Waals surface area contributed by atoms with E-state index in [0.717, 1.165) is 11.0 Å². The van der Waals surface area contributed by atoms with Crippen LogP contribution in [0.1, 0.15) is 0 Å². The van der Waals surface area contributed by atoms with Gasteiger partial charge in [-0.1, -0.05) is 30.3 Å². The van der Waals surface area contributed by atoms with Crippen molar-refractivity contribution in [2.24, 2.45) is 0 Å². The summed E-state index contributed by atoms with van der Waals surface area (Å²) in [6, 6.07) is 17.8. The molecule has 0 saturated heterocycles. The van der Waals surface area contributed by atoms with Crippen LogP contribution in [0.3, 0.4) is 0 Å². The minimum atomic E-state index is -3.34. The quantitative estimate of drug-likeness (QED) is 0.475. The monoisotopic (exact) mass is 424 g/mol. The molecule has 4 aromatic rings. The van der Waals surface area contributed by atoms with E-state index in [1.807, 2.05) is 12.1 Å². The van der Waals surface area contributed by atoms with E-state index in [1.165, 1.54) is 35.6 Å². The smallest absolute Gasteiger partial charge is 0.196 e. The Kier molecular flexibility index (Phi) is 4.64. The van der Waals surface area contributed by atoms with Crippen molar-refractivity contribution in [3.05, 3.63) is 77.0 Å². The first-order valence-electron chi connectivity index (χ1n) is 8.64. The molecule has 29 heavy (non-hydrogen) atoms. The lowest BCUT2D eigenvalue weighted by molar-refractivity contribution is 0.404. The lowest BCUT2D eigenvalue weighted by Crippen LogP contribution is -2.06. The molecule has 2 N–H and O–H groups in total. The summed E-state index contributed by atoms with van der Waals surface area (Å²) in [6.07, 6.45) is 1.14. The molecule has 0 aliphatic rings. The van der Waals surface area contributed by atoms with Crippen molar-refractivity contribution in [1.29, 1.82) is 0 Å². The van der Waals surface area contributed by atoms with Gasteiger partial charge in [0.1, 0.15) is 0 Å². The lowest BCUT2D eigenvalue weighted by atomic mass is 10.00. The van der Waals surface area contributed by atoms with Crippen LogP contribution in [0.15, 0.2) is 76.4 Å². The second-order valence-corrected chi connectivity index (χ2v) is 9.70. The van der Waals surface area contributed by atoms with Crippen LogP contribution in [0.4, 0.5) is 0 Å². The minimum Gasteiger partial charge on any atom is -0.504 e. The van der Waals surface area contributed by atoms with E-state index in [1.54, 1.807) is 30.3 Å². The summed E-state index contributed by atoms with van der Waals surface area (Å²) in [7, 11) is -3.34. The summed E-state index contributed by atoms with van der Waals surface area (Å²) in [6.45, 7) is 0. The second-order valence-electron chi connectivity index (χ2n) is 6.63. The average molecular weight is 424 g/mol. The first-order chi connectivity index (χ1) is 13.8. The molecule has 3 aromatic carbocycles. The Morgan fingerprint density at radius 1 is 0.828 bits per heavy atom. The normalized spacial score (nSPS) is 11.6. The van der Waals surface area contributed by atoms with Crippen molar-refractivity contribution in [1.82, 2.24) is 0 Å². The number of phenolic OH excluding ortho intramolecular Hbond substituents is 2. The number of fused-ring (bicyclic) bond motifs is 1. The Morgan fingerprint density at radius 3 is 2.14 bits per heavy atom. The molecule has 0 fully saturated rings. The summed E-state index contributed by atoms with van der Waals surface area (Å²) in [5, 5.41) is 20.1. The van der Waals surface area contributed by atoms with E-state index in [9.17, 15) is 23.4 Å². The number of benzene rings is 3. The molecule has 5 nitrogen and oxygen atoms in total. The zero-order valence-electron chi connectivity index (χ0n) is 15.3. The maximum atomic E-state index is 13.3. The van der Waals surface area contributed by atoms with Gasteiger partial charge in [0.05, 0.1) is 4.90 Å². The number of rotatable bonds is 3. The van der Waals surface area contributed by atoms with Gasteiger partial charge in [0.25, 0.3) is 0 Å². The van der Waals surface area contributed by atoms with Crippen molar-refractivity contribution in [3.63, 3.8) is 0 Å². The highest BCUT2D eigenvalue weighted by molar-refractivity contribution is 7.90. The Morgan fingerprint density at radius 2 is 1.48 bits per heavy atom. The highest BCUT2D eigenvalue weighted by Gasteiger charge is 2.18. The molecule has 0 spiro atoms. The Hall–Kier alpha value is -3.16. The van der Waals surface area contributed by atoms with E-state index in [0.29, 0.717) is 27.0 Å². The van der Waals surface area contributed by atoms with E-state index < -0.39 is 9.84 Å². The molecule has 146 valence electrons. The Bertz CT molecular complexity index is 1400. The third kappa shape index (κ3) is 3.50. The van der Waals surface area contributed by atoms with Crippen molar-refractivity contribution >= 4 is 31.3 Å². The van der Waals surface area contributed by atoms with E-state index in [2.05, 4.69) is 0 Å². The van der Waals surface area contributed by atoms with E-state index >= 15 is 0 Å². The van der Waals surface area contributed by atoms with Crippen LogP contribution in [0.5, 0.6) is 11.5 Å². The number of aromatic hydroxyl groups is 2. The molecule has 7 heteroatoms. The minimum absolute atomic E-state index is 0.193. The second kappa shape index (κ2) is 7.02. The molecule has 0 unspecified atom stereocenters. The zero-order valence-corrected chi connectivity index (χ0v) is 16.9. The maximum Gasteiger partial charge on any atom is 0.196 e. The van der Waals surface area contributed by atoms with Gasteiger partial charge < -0.3 is 10.2 Å². The van der Waals surface area contributed by atoms with Gasteiger partial charge in [0.15, 0.2) is 26.8 Å². The summed E-state index contributed by atoms with van der Waals surface area (Å²) in [5.74, 6) is -0.594. The number of hydrogen-bond acceptors (Lipinski definition) is 6. The summed E-state index contributed by atoms with van der Waals surface area (Å²) >= 11 is 1.41. The molecule has 0 radical (unpaired) electrons.